The second-order valence-electron chi connectivity index (χ2n) is 3.94. The van der Waals surface area contributed by atoms with E-state index in [9.17, 15) is 9.59 Å². The van der Waals surface area contributed by atoms with E-state index in [1.54, 1.807) is 14.1 Å². The van der Waals surface area contributed by atoms with Gasteiger partial charge in [0, 0.05) is 14.1 Å². The summed E-state index contributed by atoms with van der Waals surface area (Å²) in [6.07, 6.45) is 0. The smallest absolute Gasteiger partial charge is 0.329 e. The lowest BCUT2D eigenvalue weighted by Crippen LogP contribution is -2.27. The van der Waals surface area contributed by atoms with Crippen molar-refractivity contribution in [2.24, 2.45) is 14.1 Å². The van der Waals surface area contributed by atoms with Gasteiger partial charge in [-0.15, -0.1) is 0 Å². The Bertz CT molecular complexity index is 741. The number of hydrogen-bond donors (Lipinski definition) is 1. The van der Waals surface area contributed by atoms with Crippen molar-refractivity contribution in [3.05, 3.63) is 15.1 Å². The van der Waals surface area contributed by atoms with E-state index < -0.39 is 0 Å². The number of fused-ring (bicyclic) bond motifs is 1. The summed E-state index contributed by atoms with van der Waals surface area (Å²) in [6.45, 7) is 1.52. The average molecular weight is 284 g/mol. The van der Waals surface area contributed by atoms with Gasteiger partial charge in [-0.25, -0.2) is 9.78 Å². The number of ketones is 1. The van der Waals surface area contributed by atoms with Gasteiger partial charge >= 0.3 is 5.69 Å². The van der Waals surface area contributed by atoms with Crippen molar-refractivity contribution >= 4 is 40.9 Å². The van der Waals surface area contributed by atoms with Crippen LogP contribution in [0.3, 0.4) is 0 Å². The Morgan fingerprint density at radius 3 is 2.72 bits per heavy atom. The van der Waals surface area contributed by atoms with Crippen LogP contribution in [-0.4, -0.2) is 30.6 Å². The molecule has 2 aromatic rings. The fraction of sp³-hybridized carbons (Fsp3) is 0.400. The number of rotatable bonds is 3. The summed E-state index contributed by atoms with van der Waals surface area (Å²) in [5, 5.41) is 0.590. The molecule has 0 saturated heterocycles. The molecule has 2 rings (SSSR count). The first-order valence-corrected chi connectivity index (χ1v) is 6.59. The largest absolute Gasteiger partial charge is 0.330 e. The molecule has 2 aromatic heterocycles. The number of aromatic amines is 1. The molecular weight excluding hydrogens is 272 g/mol. The lowest BCUT2D eigenvalue weighted by atomic mass is 10.5. The number of aryl methyl sites for hydroxylation is 1. The molecular formula is C10H12N4O2S2. The van der Waals surface area contributed by atoms with E-state index in [0.717, 1.165) is 0 Å². The van der Waals surface area contributed by atoms with Crippen molar-refractivity contribution in [3.8, 4) is 0 Å². The number of thioether (sulfide) groups is 1. The van der Waals surface area contributed by atoms with E-state index in [1.807, 2.05) is 0 Å². The third-order valence-electron chi connectivity index (χ3n) is 2.49. The Hall–Kier alpha value is -1.41. The Balaban J connectivity index is 2.61. The summed E-state index contributed by atoms with van der Waals surface area (Å²) in [6, 6.07) is 0. The van der Waals surface area contributed by atoms with Gasteiger partial charge in [-0.05, 0) is 6.92 Å². The minimum atomic E-state index is -0.220. The van der Waals surface area contributed by atoms with Gasteiger partial charge in [0.15, 0.2) is 10.8 Å². The third-order valence-corrected chi connectivity index (χ3v) is 3.98. The minimum Gasteiger partial charge on any atom is -0.329 e. The molecule has 1 N–H and O–H groups in total. The molecule has 0 amide bonds. The second kappa shape index (κ2) is 4.69. The van der Waals surface area contributed by atoms with Crippen LogP contribution in [0.25, 0.3) is 11.2 Å². The van der Waals surface area contributed by atoms with E-state index in [0.29, 0.717) is 26.7 Å². The maximum atomic E-state index is 11.8. The van der Waals surface area contributed by atoms with Crippen LogP contribution >= 0.6 is 24.0 Å². The van der Waals surface area contributed by atoms with E-state index in [4.69, 9.17) is 12.2 Å². The summed E-state index contributed by atoms with van der Waals surface area (Å²) >= 11 is 6.49. The van der Waals surface area contributed by atoms with Crippen molar-refractivity contribution in [1.82, 2.24) is 19.1 Å². The van der Waals surface area contributed by atoms with Crippen LogP contribution in [-0.2, 0) is 18.9 Å². The molecule has 0 aliphatic heterocycles. The highest BCUT2D eigenvalue weighted by Crippen LogP contribution is 2.18. The first-order valence-electron chi connectivity index (χ1n) is 5.19. The van der Waals surface area contributed by atoms with E-state index in [2.05, 4.69) is 9.97 Å². The molecule has 0 aliphatic carbocycles. The molecule has 18 heavy (non-hydrogen) atoms. The van der Waals surface area contributed by atoms with Crippen LogP contribution in [0.2, 0.25) is 0 Å². The highest BCUT2D eigenvalue weighted by atomic mass is 32.2. The Morgan fingerprint density at radius 2 is 2.11 bits per heavy atom. The number of hydrogen-bond acceptors (Lipinski definition) is 5. The van der Waals surface area contributed by atoms with Crippen LogP contribution in [0, 0.1) is 4.64 Å². The topological polar surface area (TPSA) is 72.7 Å². The number of nitrogens with one attached hydrogen (secondary N) is 1. The van der Waals surface area contributed by atoms with Crippen LogP contribution in [0.5, 0.6) is 0 Å². The number of aromatic nitrogens is 4. The first-order chi connectivity index (χ1) is 8.41. The molecule has 0 spiro atoms. The Labute approximate surface area is 112 Å². The first kappa shape index (κ1) is 13.0. The molecule has 0 bridgehead atoms. The number of carbonyl (C=O) groups excluding carboxylic acids is 1. The fourth-order valence-electron chi connectivity index (χ4n) is 1.54. The number of H-pyrrole nitrogens is 1. The van der Waals surface area contributed by atoms with Gasteiger partial charge < -0.3 is 4.98 Å². The predicted molar refractivity (Wildman–Crippen MR) is 72.5 cm³/mol. The zero-order valence-electron chi connectivity index (χ0n) is 10.2. The van der Waals surface area contributed by atoms with Crippen molar-refractivity contribution in [3.63, 3.8) is 0 Å². The molecule has 0 fully saturated rings. The summed E-state index contributed by atoms with van der Waals surface area (Å²) in [5.41, 5.74) is 0.928. The van der Waals surface area contributed by atoms with Gasteiger partial charge in [-0.2, -0.15) is 0 Å². The molecule has 96 valence electrons. The maximum Gasteiger partial charge on any atom is 0.330 e. The zero-order valence-corrected chi connectivity index (χ0v) is 11.8. The van der Waals surface area contributed by atoms with Gasteiger partial charge in [0.25, 0.3) is 0 Å². The Kier molecular flexibility index (Phi) is 3.40. The quantitative estimate of drug-likeness (QED) is 0.672. The summed E-state index contributed by atoms with van der Waals surface area (Å²) in [7, 11) is 3.26. The van der Waals surface area contributed by atoms with Gasteiger partial charge in [-0.1, -0.05) is 24.0 Å². The van der Waals surface area contributed by atoms with E-state index in [-0.39, 0.29) is 11.5 Å². The van der Waals surface area contributed by atoms with Crippen LogP contribution in [0.15, 0.2) is 9.95 Å². The Morgan fingerprint density at radius 1 is 1.44 bits per heavy atom. The van der Waals surface area contributed by atoms with Crippen molar-refractivity contribution < 1.29 is 4.79 Å². The third kappa shape index (κ3) is 2.13. The van der Waals surface area contributed by atoms with Crippen molar-refractivity contribution in [2.45, 2.75) is 12.1 Å². The minimum absolute atomic E-state index is 0.0681. The van der Waals surface area contributed by atoms with Gasteiger partial charge in [0.1, 0.15) is 15.9 Å². The molecule has 0 atom stereocenters. The number of imidazole rings is 1. The second-order valence-corrected chi connectivity index (χ2v) is 5.29. The molecule has 0 unspecified atom stereocenters. The summed E-state index contributed by atoms with van der Waals surface area (Å²) in [4.78, 5) is 30.1. The van der Waals surface area contributed by atoms with Crippen LogP contribution in [0.1, 0.15) is 6.92 Å². The normalized spacial score (nSPS) is 11.1. The van der Waals surface area contributed by atoms with Gasteiger partial charge in [0.2, 0.25) is 0 Å². The van der Waals surface area contributed by atoms with Crippen LogP contribution < -0.4 is 5.69 Å². The van der Waals surface area contributed by atoms with Crippen LogP contribution in [0.4, 0.5) is 0 Å². The number of Topliss-reactive ketones (excluding diaryl/α,β-unsaturated/α-hetero) is 1. The molecule has 0 radical (unpaired) electrons. The monoisotopic (exact) mass is 284 g/mol. The van der Waals surface area contributed by atoms with Crippen molar-refractivity contribution in [1.29, 1.82) is 0 Å². The van der Waals surface area contributed by atoms with Gasteiger partial charge in [-0.3, -0.25) is 13.9 Å². The fourth-order valence-corrected chi connectivity index (χ4v) is 2.43. The lowest BCUT2D eigenvalue weighted by Gasteiger charge is -2.02. The number of carbonyl (C=O) groups is 1. The summed E-state index contributed by atoms with van der Waals surface area (Å²) in [5.74, 6) is 0.408. The predicted octanol–water partition coefficient (Wildman–Crippen LogP) is 1.01. The van der Waals surface area contributed by atoms with E-state index >= 15 is 0 Å². The molecule has 6 nitrogen and oxygen atoms in total. The highest BCUT2D eigenvalue weighted by Gasteiger charge is 2.11. The SMILES string of the molecule is CC(=O)CSc1nc2c([nH]1)c(=S)n(C)c(=O)n2C. The lowest BCUT2D eigenvalue weighted by molar-refractivity contribution is -0.114. The molecule has 0 saturated carbocycles. The number of nitrogens with zero attached hydrogens (tertiary/aromatic N) is 3. The maximum absolute atomic E-state index is 11.8. The molecule has 0 aliphatic rings. The molecule has 8 heteroatoms. The van der Waals surface area contributed by atoms with E-state index in [1.165, 1.54) is 27.8 Å². The highest BCUT2D eigenvalue weighted by molar-refractivity contribution is 7.99. The molecule has 2 heterocycles. The zero-order chi connectivity index (χ0) is 13.4. The summed E-state index contributed by atoms with van der Waals surface area (Å²) < 4.78 is 3.23. The van der Waals surface area contributed by atoms with Gasteiger partial charge in [0.05, 0.1) is 5.75 Å². The van der Waals surface area contributed by atoms with Crippen molar-refractivity contribution in [2.75, 3.05) is 5.75 Å². The average Bonchev–Trinajstić information content (AvgIpc) is 2.75. The standard InChI is InChI=1S/C10H12N4O2S2/c1-5(15)4-18-9-11-6-7(12-9)13(2)10(16)14(3)8(6)17/h4H2,1-3H3,(H,11,12). The molecule has 0 aromatic carbocycles.